The van der Waals surface area contributed by atoms with E-state index in [1.807, 2.05) is 12.1 Å². The first kappa shape index (κ1) is 38.5. The molecule has 1 spiro atoms. The number of nitriles is 1. The third kappa shape index (κ3) is 5.79. The first-order valence-electron chi connectivity index (χ1n) is 24.2. The van der Waals surface area contributed by atoms with Crippen molar-refractivity contribution in [2.45, 2.75) is 37.5 Å². The number of para-hydroxylation sites is 2. The minimum Gasteiger partial charge on any atom is -0.309 e. The van der Waals surface area contributed by atoms with Crippen LogP contribution in [-0.4, -0.2) is 9.55 Å². The SMILES string of the molecule is N#Cc1ccccc1-c1cccc2c1C1(c3cc(-c4cccc(-c5cc(-c6ccccc6)nc(-c6ccc7c8ccccc8n(-c8ccccc8)c7c6)c5)c4)ccc3-2)C2CC3CC(C2)CC1C3. The number of aromatic nitrogens is 2. The number of benzene rings is 8. The van der Waals surface area contributed by atoms with Gasteiger partial charge in [0.15, 0.2) is 0 Å². The standard InChI is InChI=1S/C64H47N3/c65-39-47-15-7-8-20-52(47)56-22-12-23-57-53-27-25-45(35-58(53)64(63(56)57)49-30-40-29-41(32-49)33-50(64)31-40)43-16-11-17-44(34-43)48-36-59(42-13-3-1-4-14-42)66-60(37-48)46-26-28-55-54-21-9-10-24-61(54)67(62(55)38-46)51-18-5-2-6-19-51/h1-28,34-38,40-41,49-50H,29-33H2. The molecule has 0 N–H and O–H groups in total. The zero-order chi connectivity index (χ0) is 44.2. The first-order valence-corrected chi connectivity index (χ1v) is 24.2. The van der Waals surface area contributed by atoms with Crippen LogP contribution < -0.4 is 0 Å². The largest absolute Gasteiger partial charge is 0.309 e. The number of hydrogen-bond acceptors (Lipinski definition) is 2. The zero-order valence-electron chi connectivity index (χ0n) is 37.2. The highest BCUT2D eigenvalue weighted by atomic mass is 15.0. The van der Waals surface area contributed by atoms with Crippen LogP contribution in [0.15, 0.2) is 200 Å². The molecule has 0 amide bonds. The highest BCUT2D eigenvalue weighted by molar-refractivity contribution is 6.10. The molecule has 0 unspecified atom stereocenters. The molecule has 10 aromatic rings. The van der Waals surface area contributed by atoms with Gasteiger partial charge in [0.25, 0.3) is 0 Å². The van der Waals surface area contributed by atoms with Crippen molar-refractivity contribution in [3.63, 3.8) is 0 Å². The van der Waals surface area contributed by atoms with Gasteiger partial charge in [-0.1, -0.05) is 146 Å². The average molecular weight is 858 g/mol. The van der Waals surface area contributed by atoms with E-state index in [1.54, 1.807) is 0 Å². The fourth-order valence-corrected chi connectivity index (χ4v) is 13.9. The normalized spacial score (nSPS) is 20.9. The van der Waals surface area contributed by atoms with Crippen LogP contribution in [0.25, 0.3) is 94.5 Å². The van der Waals surface area contributed by atoms with E-state index in [4.69, 9.17) is 4.98 Å². The number of pyridine rings is 1. The molecule has 0 saturated heterocycles. The van der Waals surface area contributed by atoms with Gasteiger partial charge in [0, 0.05) is 33.0 Å². The molecule has 0 atom stereocenters. The summed E-state index contributed by atoms with van der Waals surface area (Å²) in [5, 5.41) is 12.8. The van der Waals surface area contributed by atoms with Crippen molar-refractivity contribution in [2.75, 3.05) is 0 Å². The Bertz CT molecular complexity index is 3640. The van der Waals surface area contributed by atoms with Crippen LogP contribution in [0.5, 0.6) is 0 Å². The van der Waals surface area contributed by atoms with Crippen molar-refractivity contribution in [1.82, 2.24) is 9.55 Å². The summed E-state index contributed by atoms with van der Waals surface area (Å²) in [6.45, 7) is 0. The number of fused-ring (bicyclic) bond motifs is 6. The van der Waals surface area contributed by atoms with Crippen LogP contribution >= 0.6 is 0 Å². The fourth-order valence-electron chi connectivity index (χ4n) is 13.9. The molecule has 2 heterocycles. The van der Waals surface area contributed by atoms with Gasteiger partial charge in [-0.15, -0.1) is 0 Å². The average Bonchev–Trinajstić information content (AvgIpc) is 3.88. The topological polar surface area (TPSA) is 41.6 Å². The molecule has 4 fully saturated rings. The summed E-state index contributed by atoms with van der Waals surface area (Å²) in [6.07, 6.45) is 6.61. The molecule has 0 aliphatic heterocycles. The Balaban J connectivity index is 0.917. The van der Waals surface area contributed by atoms with E-state index in [9.17, 15) is 5.26 Å². The lowest BCUT2D eigenvalue weighted by atomic mass is 9.42. The van der Waals surface area contributed by atoms with Crippen LogP contribution in [0.4, 0.5) is 0 Å². The van der Waals surface area contributed by atoms with Crippen molar-refractivity contribution >= 4 is 21.8 Å². The lowest BCUT2D eigenvalue weighted by Gasteiger charge is -2.61. The predicted molar refractivity (Wildman–Crippen MR) is 274 cm³/mol. The second-order valence-corrected chi connectivity index (χ2v) is 19.8. The van der Waals surface area contributed by atoms with E-state index in [0.29, 0.717) is 11.8 Å². The quantitative estimate of drug-likeness (QED) is 0.167. The fraction of sp³-hybridized carbons (Fsp3) is 0.156. The molecule has 318 valence electrons. The number of hydrogen-bond donors (Lipinski definition) is 0. The lowest BCUT2D eigenvalue weighted by molar-refractivity contribution is -0.0397. The van der Waals surface area contributed by atoms with Crippen LogP contribution in [-0.2, 0) is 5.41 Å². The smallest absolute Gasteiger partial charge is 0.0998 e. The Labute approximate surface area is 391 Å². The van der Waals surface area contributed by atoms with Gasteiger partial charge in [-0.05, 0) is 166 Å². The Morgan fingerprint density at radius 1 is 0.433 bits per heavy atom. The van der Waals surface area contributed by atoms with E-state index in [-0.39, 0.29) is 5.41 Å². The number of nitrogens with zero attached hydrogens (tertiary/aromatic N) is 3. The molecule has 4 saturated carbocycles. The second kappa shape index (κ2) is 14.9. The maximum atomic E-state index is 10.4. The van der Waals surface area contributed by atoms with E-state index in [2.05, 4.69) is 199 Å². The van der Waals surface area contributed by atoms with E-state index < -0.39 is 0 Å². The summed E-state index contributed by atoms with van der Waals surface area (Å²) in [6, 6.07) is 75.7. The minimum atomic E-state index is -0.0667. The Morgan fingerprint density at radius 3 is 1.79 bits per heavy atom. The molecule has 15 rings (SSSR count). The molecule has 2 aromatic heterocycles. The van der Waals surface area contributed by atoms with Gasteiger partial charge in [0.05, 0.1) is 34.1 Å². The van der Waals surface area contributed by atoms with Crippen molar-refractivity contribution in [3.8, 4) is 78.8 Å². The molecule has 5 aliphatic carbocycles. The maximum Gasteiger partial charge on any atom is 0.0998 e. The summed E-state index contributed by atoms with van der Waals surface area (Å²) in [4.78, 5) is 5.40. The van der Waals surface area contributed by atoms with Crippen molar-refractivity contribution in [2.24, 2.45) is 23.7 Å². The van der Waals surface area contributed by atoms with Gasteiger partial charge in [-0.25, -0.2) is 4.98 Å². The molecule has 67 heavy (non-hydrogen) atoms. The predicted octanol–water partition coefficient (Wildman–Crippen LogP) is 16.1. The van der Waals surface area contributed by atoms with Crippen molar-refractivity contribution in [3.05, 3.63) is 217 Å². The molecule has 8 aromatic carbocycles. The van der Waals surface area contributed by atoms with Gasteiger partial charge in [-0.3, -0.25) is 0 Å². The van der Waals surface area contributed by atoms with Crippen molar-refractivity contribution in [1.29, 1.82) is 5.26 Å². The summed E-state index contributed by atoms with van der Waals surface area (Å²) >= 11 is 0. The maximum absolute atomic E-state index is 10.4. The van der Waals surface area contributed by atoms with Crippen LogP contribution in [0, 0.1) is 35.0 Å². The van der Waals surface area contributed by atoms with E-state index in [1.165, 1.54) is 92.9 Å². The molecular formula is C64H47N3. The zero-order valence-corrected chi connectivity index (χ0v) is 37.2. The van der Waals surface area contributed by atoms with Crippen LogP contribution in [0.3, 0.4) is 0 Å². The molecule has 0 radical (unpaired) electrons. The van der Waals surface area contributed by atoms with Gasteiger partial charge >= 0.3 is 0 Å². The van der Waals surface area contributed by atoms with Gasteiger partial charge in [0.2, 0.25) is 0 Å². The Morgan fingerprint density at radius 2 is 1.01 bits per heavy atom. The molecule has 3 heteroatoms. The Hall–Kier alpha value is -7.80. The molecule has 5 aliphatic rings. The monoisotopic (exact) mass is 857 g/mol. The summed E-state index contributed by atoms with van der Waals surface area (Å²) in [7, 11) is 0. The lowest BCUT2D eigenvalue weighted by Crippen LogP contribution is -2.55. The number of rotatable bonds is 6. The molecule has 3 nitrogen and oxygen atoms in total. The van der Waals surface area contributed by atoms with Crippen LogP contribution in [0.1, 0.15) is 48.8 Å². The van der Waals surface area contributed by atoms with Crippen molar-refractivity contribution < 1.29 is 0 Å². The highest BCUT2D eigenvalue weighted by Crippen LogP contribution is 2.70. The molecular weight excluding hydrogens is 811 g/mol. The summed E-state index contributed by atoms with van der Waals surface area (Å²) in [5.74, 6) is 2.86. The Kier molecular flexibility index (Phi) is 8.53. The van der Waals surface area contributed by atoms with Gasteiger partial charge in [-0.2, -0.15) is 5.26 Å². The van der Waals surface area contributed by atoms with E-state index >= 15 is 0 Å². The second-order valence-electron chi connectivity index (χ2n) is 19.8. The first-order chi connectivity index (χ1) is 33.1. The minimum absolute atomic E-state index is 0.0667. The summed E-state index contributed by atoms with van der Waals surface area (Å²) in [5.41, 5.74) is 21.1. The van der Waals surface area contributed by atoms with E-state index in [0.717, 1.165) is 62.2 Å². The molecule has 4 bridgehead atoms. The van der Waals surface area contributed by atoms with Gasteiger partial charge in [0.1, 0.15) is 0 Å². The third-order valence-corrected chi connectivity index (χ3v) is 16.4. The summed E-state index contributed by atoms with van der Waals surface area (Å²) < 4.78 is 2.38. The van der Waals surface area contributed by atoms with Gasteiger partial charge < -0.3 is 4.57 Å². The third-order valence-electron chi connectivity index (χ3n) is 16.4. The highest BCUT2D eigenvalue weighted by Gasteiger charge is 2.62. The van der Waals surface area contributed by atoms with Crippen LogP contribution in [0.2, 0.25) is 0 Å².